The molecule has 2 aromatic carbocycles. The minimum atomic E-state index is -0.916. The largest absolute Gasteiger partial charge is 0.478 e. The predicted molar refractivity (Wildman–Crippen MR) is 87.2 cm³/mol. The van der Waals surface area contributed by atoms with Crippen molar-refractivity contribution >= 4 is 44.4 Å². The number of aromatic carboxylic acids is 1. The Morgan fingerprint density at radius 1 is 1.19 bits per heavy atom. The van der Waals surface area contributed by atoms with Gasteiger partial charge in [0.2, 0.25) is 0 Å². The number of hydrogen-bond donors (Lipinski definition) is 1. The highest BCUT2D eigenvalue weighted by molar-refractivity contribution is 9.10. The van der Waals surface area contributed by atoms with Gasteiger partial charge in [-0.3, -0.25) is 0 Å². The Kier molecular flexibility index (Phi) is 3.74. The second-order valence-corrected chi connectivity index (χ2v) is 6.08. The normalized spacial score (nSPS) is 11.0. The lowest BCUT2D eigenvalue weighted by molar-refractivity contribution is 0.0697. The number of carboxylic acid groups (broad SMARTS) is 1. The fourth-order valence-corrected chi connectivity index (χ4v) is 3.04. The summed E-state index contributed by atoms with van der Waals surface area (Å²) >= 11 is 9.63. The third-order valence-electron chi connectivity index (χ3n) is 3.37. The smallest absolute Gasteiger partial charge is 0.335 e. The molecule has 106 valence electrons. The van der Waals surface area contributed by atoms with Crippen LogP contribution in [0.3, 0.4) is 0 Å². The number of aromatic nitrogens is 1. The second-order valence-electron chi connectivity index (χ2n) is 4.76. The fourth-order valence-electron chi connectivity index (χ4n) is 2.30. The van der Waals surface area contributed by atoms with Crippen molar-refractivity contribution in [2.75, 3.05) is 0 Å². The van der Waals surface area contributed by atoms with Gasteiger partial charge in [0.1, 0.15) is 0 Å². The first kappa shape index (κ1) is 14.2. The van der Waals surface area contributed by atoms with Gasteiger partial charge < -0.3 is 9.67 Å². The van der Waals surface area contributed by atoms with Gasteiger partial charge in [0.05, 0.1) is 5.56 Å². The lowest BCUT2D eigenvalue weighted by atomic mass is 10.1. The van der Waals surface area contributed by atoms with Gasteiger partial charge in [0, 0.05) is 33.1 Å². The zero-order chi connectivity index (χ0) is 15.0. The van der Waals surface area contributed by atoms with Crippen molar-refractivity contribution in [3.63, 3.8) is 0 Å². The van der Waals surface area contributed by atoms with Crippen molar-refractivity contribution < 1.29 is 9.90 Å². The van der Waals surface area contributed by atoms with Crippen LogP contribution in [-0.4, -0.2) is 15.6 Å². The van der Waals surface area contributed by atoms with Gasteiger partial charge >= 0.3 is 5.97 Å². The summed E-state index contributed by atoms with van der Waals surface area (Å²) in [7, 11) is 0. The SMILES string of the molecule is O=C(O)c1ccc2c(ccn2Cc2ccc(Br)cc2Cl)c1. The molecule has 5 heteroatoms. The molecule has 0 amide bonds. The Morgan fingerprint density at radius 2 is 2.00 bits per heavy atom. The Labute approximate surface area is 134 Å². The number of halogens is 2. The summed E-state index contributed by atoms with van der Waals surface area (Å²) in [6.45, 7) is 0.641. The van der Waals surface area contributed by atoms with E-state index in [0.717, 1.165) is 20.9 Å². The topological polar surface area (TPSA) is 42.2 Å². The lowest BCUT2D eigenvalue weighted by Crippen LogP contribution is -1.99. The maximum absolute atomic E-state index is 11.0. The van der Waals surface area contributed by atoms with Crippen molar-refractivity contribution in [3.05, 3.63) is 69.3 Å². The van der Waals surface area contributed by atoms with E-state index in [4.69, 9.17) is 16.7 Å². The molecule has 21 heavy (non-hydrogen) atoms. The van der Waals surface area contributed by atoms with E-state index in [9.17, 15) is 4.79 Å². The van der Waals surface area contributed by atoms with Gasteiger partial charge in [-0.2, -0.15) is 0 Å². The van der Waals surface area contributed by atoms with Gasteiger partial charge in [-0.05, 0) is 42.0 Å². The van der Waals surface area contributed by atoms with Crippen LogP contribution in [0, 0.1) is 0 Å². The zero-order valence-electron chi connectivity index (χ0n) is 10.9. The number of nitrogens with zero attached hydrogens (tertiary/aromatic N) is 1. The second kappa shape index (κ2) is 5.54. The van der Waals surface area contributed by atoms with Crippen LogP contribution in [-0.2, 0) is 6.54 Å². The van der Waals surface area contributed by atoms with Crippen LogP contribution in [0.4, 0.5) is 0 Å². The third-order valence-corrected chi connectivity index (χ3v) is 4.22. The molecule has 3 rings (SSSR count). The molecule has 0 atom stereocenters. The monoisotopic (exact) mass is 363 g/mol. The molecular formula is C16H11BrClNO2. The van der Waals surface area contributed by atoms with E-state index in [0.29, 0.717) is 17.1 Å². The molecule has 0 aliphatic heterocycles. The van der Waals surface area contributed by atoms with Crippen LogP contribution < -0.4 is 0 Å². The quantitative estimate of drug-likeness (QED) is 0.725. The highest BCUT2D eigenvalue weighted by Gasteiger charge is 2.08. The van der Waals surface area contributed by atoms with E-state index >= 15 is 0 Å². The summed E-state index contributed by atoms with van der Waals surface area (Å²) in [5.41, 5.74) is 2.29. The van der Waals surface area contributed by atoms with Gasteiger partial charge in [-0.1, -0.05) is 33.6 Å². The first-order valence-electron chi connectivity index (χ1n) is 6.31. The summed E-state index contributed by atoms with van der Waals surface area (Å²) in [6.07, 6.45) is 1.94. The summed E-state index contributed by atoms with van der Waals surface area (Å²) in [4.78, 5) is 11.0. The maximum Gasteiger partial charge on any atom is 0.335 e. The van der Waals surface area contributed by atoms with Crippen molar-refractivity contribution in [1.82, 2.24) is 4.57 Å². The molecule has 0 aliphatic rings. The van der Waals surface area contributed by atoms with Gasteiger partial charge in [-0.25, -0.2) is 4.79 Å². The third kappa shape index (κ3) is 2.82. The molecule has 0 aliphatic carbocycles. The van der Waals surface area contributed by atoms with E-state index in [1.54, 1.807) is 12.1 Å². The number of hydrogen-bond acceptors (Lipinski definition) is 1. The van der Waals surface area contributed by atoms with E-state index in [1.807, 2.05) is 36.5 Å². The molecule has 0 unspecified atom stereocenters. The summed E-state index contributed by atoms with van der Waals surface area (Å²) in [6, 6.07) is 12.8. The van der Waals surface area contributed by atoms with E-state index in [2.05, 4.69) is 20.5 Å². The minimum absolute atomic E-state index is 0.293. The van der Waals surface area contributed by atoms with Crippen molar-refractivity contribution in [1.29, 1.82) is 0 Å². The number of carbonyl (C=O) groups is 1. The number of fused-ring (bicyclic) bond motifs is 1. The average Bonchev–Trinajstić information content (AvgIpc) is 2.84. The van der Waals surface area contributed by atoms with Crippen molar-refractivity contribution in [2.45, 2.75) is 6.54 Å². The maximum atomic E-state index is 11.0. The molecule has 0 radical (unpaired) electrons. The number of carboxylic acids is 1. The summed E-state index contributed by atoms with van der Waals surface area (Å²) < 4.78 is 3.00. The molecule has 0 spiro atoms. The van der Waals surface area contributed by atoms with Crippen LogP contribution >= 0.6 is 27.5 Å². The highest BCUT2D eigenvalue weighted by Crippen LogP contribution is 2.24. The molecular weight excluding hydrogens is 354 g/mol. The molecule has 1 heterocycles. The molecule has 1 N–H and O–H groups in total. The van der Waals surface area contributed by atoms with E-state index in [-0.39, 0.29) is 0 Å². The van der Waals surface area contributed by atoms with E-state index in [1.165, 1.54) is 0 Å². The van der Waals surface area contributed by atoms with Crippen LogP contribution in [0.1, 0.15) is 15.9 Å². The van der Waals surface area contributed by atoms with Gasteiger partial charge in [0.15, 0.2) is 0 Å². The Balaban J connectivity index is 1.99. The lowest BCUT2D eigenvalue weighted by Gasteiger charge is -2.08. The van der Waals surface area contributed by atoms with Crippen molar-refractivity contribution in [3.8, 4) is 0 Å². The molecule has 0 saturated carbocycles. The first-order chi connectivity index (χ1) is 10.0. The van der Waals surface area contributed by atoms with Crippen LogP contribution in [0.2, 0.25) is 5.02 Å². The molecule has 3 aromatic rings. The zero-order valence-corrected chi connectivity index (χ0v) is 13.2. The standard InChI is InChI=1S/C16H11BrClNO2/c17-13-3-1-12(14(18)8-13)9-19-6-5-10-7-11(16(20)21)2-4-15(10)19/h1-8H,9H2,(H,20,21). The molecule has 0 fully saturated rings. The van der Waals surface area contributed by atoms with Crippen LogP contribution in [0.5, 0.6) is 0 Å². The first-order valence-corrected chi connectivity index (χ1v) is 7.48. The Morgan fingerprint density at radius 3 is 2.71 bits per heavy atom. The fraction of sp³-hybridized carbons (Fsp3) is 0.0625. The molecule has 1 aromatic heterocycles. The molecule has 0 bridgehead atoms. The van der Waals surface area contributed by atoms with Crippen LogP contribution in [0.15, 0.2) is 53.1 Å². The number of rotatable bonds is 3. The highest BCUT2D eigenvalue weighted by atomic mass is 79.9. The molecule has 3 nitrogen and oxygen atoms in total. The Bertz CT molecular complexity index is 841. The van der Waals surface area contributed by atoms with E-state index < -0.39 is 5.97 Å². The number of benzene rings is 2. The van der Waals surface area contributed by atoms with Gasteiger partial charge in [-0.15, -0.1) is 0 Å². The van der Waals surface area contributed by atoms with Crippen molar-refractivity contribution in [2.24, 2.45) is 0 Å². The minimum Gasteiger partial charge on any atom is -0.478 e. The molecule has 0 saturated heterocycles. The average molecular weight is 365 g/mol. The Hall–Kier alpha value is -1.78. The summed E-state index contributed by atoms with van der Waals surface area (Å²) in [5, 5.41) is 10.6. The predicted octanol–water partition coefficient (Wildman–Crippen LogP) is 4.80. The summed E-state index contributed by atoms with van der Waals surface area (Å²) in [5.74, 6) is -0.916. The van der Waals surface area contributed by atoms with Crippen LogP contribution in [0.25, 0.3) is 10.9 Å². The van der Waals surface area contributed by atoms with Gasteiger partial charge in [0.25, 0.3) is 0 Å².